The van der Waals surface area contributed by atoms with Gasteiger partial charge in [0, 0.05) is 11.8 Å². The summed E-state index contributed by atoms with van der Waals surface area (Å²) >= 11 is 2.68. The van der Waals surface area contributed by atoms with Crippen LogP contribution in [0.4, 0.5) is 13.2 Å². The first-order valence-corrected chi connectivity index (χ1v) is 10.7. The number of rotatable bonds is 7. The molecule has 1 aromatic rings. The number of hydrogen-bond acceptors (Lipinski definition) is 8. The SMILES string of the molecule is CCC1(COc2nsc(SC)n2)CC=C(OS(=O)(=O)C(F)(F)F)CC1. The van der Waals surface area contributed by atoms with Crippen LogP contribution < -0.4 is 4.74 Å². The molecule has 0 amide bonds. The van der Waals surface area contributed by atoms with Crippen LogP contribution in [0.1, 0.15) is 32.6 Å². The number of alkyl halides is 3. The highest BCUT2D eigenvalue weighted by molar-refractivity contribution is 8.00. The summed E-state index contributed by atoms with van der Waals surface area (Å²) in [7, 11) is -5.62. The lowest BCUT2D eigenvalue weighted by molar-refractivity contribution is -0.0526. The molecule has 25 heavy (non-hydrogen) atoms. The second-order valence-corrected chi connectivity index (χ2v) is 8.89. The normalized spacial score (nSPS) is 21.7. The molecule has 0 saturated heterocycles. The number of halogens is 3. The molecule has 2 rings (SSSR count). The zero-order valence-electron chi connectivity index (χ0n) is 13.5. The van der Waals surface area contributed by atoms with Crippen LogP contribution in [0.5, 0.6) is 6.01 Å². The summed E-state index contributed by atoms with van der Waals surface area (Å²) in [6, 6.07) is 0.271. The minimum Gasteiger partial charge on any atom is -0.462 e. The molecule has 0 N–H and O–H groups in total. The van der Waals surface area contributed by atoms with Crippen LogP contribution in [0.2, 0.25) is 0 Å². The van der Waals surface area contributed by atoms with Crippen molar-refractivity contribution in [3.63, 3.8) is 0 Å². The van der Waals surface area contributed by atoms with Gasteiger partial charge in [0.25, 0.3) is 0 Å². The van der Waals surface area contributed by atoms with E-state index in [0.29, 0.717) is 25.9 Å². The Labute approximate surface area is 152 Å². The van der Waals surface area contributed by atoms with Gasteiger partial charge in [-0.25, -0.2) is 0 Å². The molecule has 12 heteroatoms. The van der Waals surface area contributed by atoms with Crippen LogP contribution in [0.3, 0.4) is 0 Å². The highest BCUT2D eigenvalue weighted by Gasteiger charge is 2.49. The first kappa shape index (κ1) is 20.3. The molecular weight excluding hydrogens is 401 g/mol. The van der Waals surface area contributed by atoms with Gasteiger partial charge in [-0.3, -0.25) is 0 Å². The summed E-state index contributed by atoms with van der Waals surface area (Å²) < 4.78 is 73.9. The number of hydrogen-bond donors (Lipinski definition) is 0. The van der Waals surface area contributed by atoms with Gasteiger partial charge in [0.05, 0.1) is 6.61 Å². The van der Waals surface area contributed by atoms with E-state index in [0.717, 1.165) is 4.34 Å². The van der Waals surface area contributed by atoms with Crippen molar-refractivity contribution >= 4 is 33.4 Å². The molecule has 0 saturated carbocycles. The highest BCUT2D eigenvalue weighted by Crippen LogP contribution is 2.40. The van der Waals surface area contributed by atoms with Crippen molar-refractivity contribution in [2.24, 2.45) is 5.41 Å². The Kier molecular flexibility index (Phi) is 6.26. The summed E-state index contributed by atoms with van der Waals surface area (Å²) in [6.45, 7) is 2.24. The molecule has 142 valence electrons. The minimum absolute atomic E-state index is 0.0903. The maximum atomic E-state index is 12.4. The van der Waals surface area contributed by atoms with Gasteiger partial charge in [-0.05, 0) is 43.1 Å². The first-order chi connectivity index (χ1) is 11.6. The van der Waals surface area contributed by atoms with Crippen LogP contribution in [0.15, 0.2) is 16.2 Å². The topological polar surface area (TPSA) is 78.4 Å². The van der Waals surface area contributed by atoms with Crippen LogP contribution >= 0.6 is 23.3 Å². The van der Waals surface area contributed by atoms with E-state index in [9.17, 15) is 21.6 Å². The van der Waals surface area contributed by atoms with Gasteiger partial charge >= 0.3 is 21.6 Å². The number of ether oxygens (including phenoxy) is 1. The van der Waals surface area contributed by atoms with Gasteiger partial charge < -0.3 is 8.92 Å². The Morgan fingerprint density at radius 3 is 2.64 bits per heavy atom. The highest BCUT2D eigenvalue weighted by atomic mass is 32.2. The molecule has 1 unspecified atom stereocenters. The molecule has 0 aromatic carbocycles. The van der Waals surface area contributed by atoms with Crippen molar-refractivity contribution in [2.45, 2.75) is 42.5 Å². The van der Waals surface area contributed by atoms with Crippen molar-refractivity contribution in [2.75, 3.05) is 12.9 Å². The Bertz CT molecular complexity index is 733. The molecule has 1 heterocycles. The Balaban J connectivity index is 1.99. The second kappa shape index (κ2) is 7.70. The van der Waals surface area contributed by atoms with Crippen molar-refractivity contribution in [3.8, 4) is 6.01 Å². The predicted octanol–water partition coefficient (Wildman–Crippen LogP) is 3.97. The molecule has 1 aliphatic rings. The molecule has 1 aromatic heterocycles. The monoisotopic (exact) mass is 418 g/mol. The quantitative estimate of drug-likeness (QED) is 0.377. The molecular formula is C13H17F3N2O4S3. The maximum absolute atomic E-state index is 12.4. The first-order valence-electron chi connectivity index (χ1n) is 7.31. The Morgan fingerprint density at radius 2 is 2.16 bits per heavy atom. The van der Waals surface area contributed by atoms with Crippen LogP contribution in [-0.2, 0) is 14.3 Å². The van der Waals surface area contributed by atoms with Crippen LogP contribution in [-0.4, -0.2) is 36.1 Å². The van der Waals surface area contributed by atoms with Crippen molar-refractivity contribution in [3.05, 3.63) is 11.8 Å². The summed E-state index contributed by atoms with van der Waals surface area (Å²) in [6.07, 6.45) is 4.87. The van der Waals surface area contributed by atoms with E-state index in [1.54, 1.807) is 0 Å². The van der Waals surface area contributed by atoms with Crippen LogP contribution in [0, 0.1) is 5.41 Å². The largest absolute Gasteiger partial charge is 0.534 e. The fourth-order valence-electron chi connectivity index (χ4n) is 2.30. The zero-order valence-corrected chi connectivity index (χ0v) is 15.9. The standard InChI is InChI=1S/C13H17F3N2O4S3/c1-3-12(8-21-10-17-11(23-2)24-18-10)6-4-9(5-7-12)22-25(19,20)13(14,15)16/h4H,3,5-8H2,1-2H3. The van der Waals surface area contributed by atoms with E-state index in [-0.39, 0.29) is 23.6 Å². The van der Waals surface area contributed by atoms with E-state index >= 15 is 0 Å². The number of nitrogens with zero attached hydrogens (tertiary/aromatic N) is 2. The summed E-state index contributed by atoms with van der Waals surface area (Å²) in [5.74, 6) is -0.183. The minimum atomic E-state index is -5.62. The molecule has 0 fully saturated rings. The maximum Gasteiger partial charge on any atom is 0.534 e. The average Bonchev–Trinajstić information content (AvgIpc) is 3.01. The molecule has 0 spiro atoms. The molecule has 6 nitrogen and oxygen atoms in total. The lowest BCUT2D eigenvalue weighted by atomic mass is 9.75. The lowest BCUT2D eigenvalue weighted by Crippen LogP contribution is -2.31. The number of allylic oxidation sites excluding steroid dienone is 2. The third-order valence-corrected chi connectivity index (χ3v) is 6.65. The van der Waals surface area contributed by atoms with E-state index in [4.69, 9.17) is 4.74 Å². The molecule has 0 aliphatic heterocycles. The van der Waals surface area contributed by atoms with Gasteiger partial charge in [0.15, 0.2) is 4.34 Å². The van der Waals surface area contributed by atoms with Gasteiger partial charge in [-0.1, -0.05) is 18.7 Å². The molecule has 1 atom stereocenters. The second-order valence-electron chi connectivity index (χ2n) is 5.55. The smallest absolute Gasteiger partial charge is 0.462 e. The lowest BCUT2D eigenvalue weighted by Gasteiger charge is -2.34. The van der Waals surface area contributed by atoms with E-state index in [2.05, 4.69) is 13.5 Å². The van der Waals surface area contributed by atoms with Crippen molar-refractivity contribution < 1.29 is 30.5 Å². The predicted molar refractivity (Wildman–Crippen MR) is 87.9 cm³/mol. The molecule has 0 bridgehead atoms. The molecule has 1 aliphatic carbocycles. The van der Waals surface area contributed by atoms with Gasteiger partial charge in [0.2, 0.25) is 0 Å². The van der Waals surface area contributed by atoms with Crippen molar-refractivity contribution in [1.29, 1.82) is 0 Å². The summed E-state index contributed by atoms with van der Waals surface area (Å²) in [4.78, 5) is 4.17. The third-order valence-electron chi connectivity index (χ3n) is 3.99. The fraction of sp³-hybridized carbons (Fsp3) is 0.692. The van der Waals surface area contributed by atoms with E-state index < -0.39 is 15.6 Å². The van der Waals surface area contributed by atoms with Gasteiger partial charge in [-0.2, -0.15) is 26.6 Å². The number of thioether (sulfide) groups is 1. The molecule has 0 radical (unpaired) electrons. The summed E-state index contributed by atoms with van der Waals surface area (Å²) in [5.41, 5.74) is -5.75. The van der Waals surface area contributed by atoms with Crippen LogP contribution in [0.25, 0.3) is 0 Å². The van der Waals surface area contributed by atoms with E-state index in [1.807, 2.05) is 13.2 Å². The van der Waals surface area contributed by atoms with Gasteiger partial charge in [-0.15, -0.1) is 4.37 Å². The van der Waals surface area contributed by atoms with Gasteiger partial charge in [0.1, 0.15) is 5.76 Å². The number of aromatic nitrogens is 2. The Morgan fingerprint density at radius 1 is 1.44 bits per heavy atom. The fourth-order valence-corrected chi connectivity index (χ4v) is 3.77. The third kappa shape index (κ3) is 5.00. The van der Waals surface area contributed by atoms with Crippen molar-refractivity contribution in [1.82, 2.24) is 9.36 Å². The Hall–Kier alpha value is -1.01. The zero-order chi connectivity index (χ0) is 18.7. The van der Waals surface area contributed by atoms with E-state index in [1.165, 1.54) is 29.4 Å². The average molecular weight is 418 g/mol. The summed E-state index contributed by atoms with van der Waals surface area (Å²) in [5, 5.41) is 0.